The number of amides is 4. The molecule has 4 amide bonds. The molecule has 1 heterocycles. The van der Waals surface area contributed by atoms with Crippen LogP contribution in [0.25, 0.3) is 0 Å². The summed E-state index contributed by atoms with van der Waals surface area (Å²) in [6.07, 6.45) is 6.23. The number of nitrogens with one attached hydrogen (secondary N) is 1. The molecule has 0 radical (unpaired) electrons. The van der Waals surface area contributed by atoms with Gasteiger partial charge in [-0.3, -0.25) is 14.5 Å². The lowest BCUT2D eigenvalue weighted by molar-refractivity contribution is -0.141. The Kier molecular flexibility index (Phi) is 5.64. The highest BCUT2D eigenvalue weighted by Gasteiger charge is 2.55. The lowest BCUT2D eigenvalue weighted by Crippen LogP contribution is -2.48. The number of fused-ring (bicyclic) bond motifs is 2. The van der Waals surface area contributed by atoms with Gasteiger partial charge in [-0.2, -0.15) is 0 Å². The van der Waals surface area contributed by atoms with E-state index in [1.165, 1.54) is 12.1 Å². The van der Waals surface area contributed by atoms with E-state index in [4.69, 9.17) is 0 Å². The minimum atomic E-state index is -1.07. The van der Waals surface area contributed by atoms with Crippen LogP contribution in [0.5, 0.6) is 0 Å². The van der Waals surface area contributed by atoms with Gasteiger partial charge in [-0.25, -0.2) is 9.18 Å². The molecule has 2 aromatic carbocycles. The van der Waals surface area contributed by atoms with Gasteiger partial charge < -0.3 is 10.2 Å². The summed E-state index contributed by atoms with van der Waals surface area (Å²) in [7, 11) is 0. The van der Waals surface area contributed by atoms with Gasteiger partial charge in [0.05, 0.1) is 0 Å². The third kappa shape index (κ3) is 3.90. The normalized spacial score (nSPS) is 22.5. The van der Waals surface area contributed by atoms with E-state index in [-0.39, 0.29) is 30.2 Å². The van der Waals surface area contributed by atoms with Gasteiger partial charge in [-0.15, -0.1) is 0 Å². The van der Waals surface area contributed by atoms with Crippen LogP contribution in [-0.2, 0) is 28.1 Å². The Morgan fingerprint density at radius 2 is 1.79 bits per heavy atom. The molecule has 2 fully saturated rings. The van der Waals surface area contributed by atoms with Crippen molar-refractivity contribution in [2.24, 2.45) is 0 Å². The molecule has 1 N–H and O–H groups in total. The van der Waals surface area contributed by atoms with Crippen LogP contribution in [0.4, 0.5) is 9.18 Å². The number of benzene rings is 2. The number of carbonyl (C=O) groups is 3. The predicted molar refractivity (Wildman–Crippen MR) is 121 cm³/mol. The number of rotatable bonds is 5. The first-order valence-electron chi connectivity index (χ1n) is 11.7. The highest BCUT2D eigenvalue weighted by atomic mass is 19.1. The first kappa shape index (κ1) is 21.6. The standard InChI is InChI=1S/C26H28FN3O3/c27-20-12-10-18(11-13-20)16-29(21-7-2-1-3-8-21)23(31)17-30-24(32)26(28-25(30)33)15-14-19-6-4-5-9-22(19)26/h4-6,9-13,21H,1-3,7-8,14-17H2,(H,28,33). The Bertz CT molecular complexity index is 1080. The van der Waals surface area contributed by atoms with E-state index >= 15 is 0 Å². The van der Waals surface area contributed by atoms with E-state index in [9.17, 15) is 18.8 Å². The van der Waals surface area contributed by atoms with E-state index in [2.05, 4.69) is 5.32 Å². The second-order valence-electron chi connectivity index (χ2n) is 9.32. The molecule has 3 aliphatic rings. The summed E-state index contributed by atoms with van der Waals surface area (Å²) in [5.41, 5.74) is 1.64. The van der Waals surface area contributed by atoms with E-state index in [0.717, 1.165) is 53.7 Å². The van der Waals surface area contributed by atoms with Gasteiger partial charge in [0, 0.05) is 12.6 Å². The molecule has 1 saturated heterocycles. The lowest BCUT2D eigenvalue weighted by Gasteiger charge is -2.35. The molecule has 5 rings (SSSR count). The topological polar surface area (TPSA) is 69.7 Å². The summed E-state index contributed by atoms with van der Waals surface area (Å²) < 4.78 is 13.4. The maximum atomic E-state index is 13.5. The highest BCUT2D eigenvalue weighted by Crippen LogP contribution is 2.41. The van der Waals surface area contributed by atoms with Crippen molar-refractivity contribution >= 4 is 17.8 Å². The van der Waals surface area contributed by atoms with Gasteiger partial charge in [0.25, 0.3) is 5.91 Å². The zero-order chi connectivity index (χ0) is 23.0. The Labute approximate surface area is 192 Å². The van der Waals surface area contributed by atoms with Gasteiger partial charge in [0.15, 0.2) is 0 Å². The van der Waals surface area contributed by atoms with E-state index in [1.54, 1.807) is 17.0 Å². The molecule has 0 aromatic heterocycles. The van der Waals surface area contributed by atoms with Crippen molar-refractivity contribution < 1.29 is 18.8 Å². The fourth-order valence-corrected chi connectivity index (χ4v) is 5.56. The average Bonchev–Trinajstić information content (AvgIpc) is 3.32. The molecule has 6 nitrogen and oxygen atoms in total. The largest absolute Gasteiger partial charge is 0.334 e. The number of hydrogen-bond donors (Lipinski definition) is 1. The second-order valence-corrected chi connectivity index (χ2v) is 9.32. The summed E-state index contributed by atoms with van der Waals surface area (Å²) in [6.45, 7) is 0.0493. The van der Waals surface area contributed by atoms with Crippen LogP contribution in [0.1, 0.15) is 55.2 Å². The third-order valence-electron chi connectivity index (χ3n) is 7.32. The van der Waals surface area contributed by atoms with Crippen LogP contribution < -0.4 is 5.32 Å². The van der Waals surface area contributed by atoms with Gasteiger partial charge >= 0.3 is 6.03 Å². The van der Waals surface area contributed by atoms with Gasteiger partial charge in [0.2, 0.25) is 5.91 Å². The number of halogens is 1. The van der Waals surface area contributed by atoms with Crippen molar-refractivity contribution in [3.63, 3.8) is 0 Å². The maximum absolute atomic E-state index is 13.5. The SMILES string of the molecule is O=C1NC2(CCc3ccccc32)C(=O)N1CC(=O)N(Cc1ccc(F)cc1)C1CCCCC1. The number of imide groups is 1. The molecular weight excluding hydrogens is 421 g/mol. The van der Waals surface area contributed by atoms with Crippen LogP contribution >= 0.6 is 0 Å². The Hall–Kier alpha value is -3.22. The molecule has 172 valence electrons. The third-order valence-corrected chi connectivity index (χ3v) is 7.32. The first-order valence-corrected chi connectivity index (χ1v) is 11.7. The fraction of sp³-hybridized carbons (Fsp3) is 0.423. The predicted octanol–water partition coefficient (Wildman–Crippen LogP) is 3.88. The number of aryl methyl sites for hydroxylation is 1. The molecule has 7 heteroatoms. The maximum Gasteiger partial charge on any atom is 0.325 e. The number of urea groups is 1. The van der Waals surface area contributed by atoms with Crippen LogP contribution in [-0.4, -0.2) is 40.2 Å². The van der Waals surface area contributed by atoms with Crippen molar-refractivity contribution in [1.82, 2.24) is 15.1 Å². The van der Waals surface area contributed by atoms with Crippen LogP contribution in [0.2, 0.25) is 0 Å². The van der Waals surface area contributed by atoms with Gasteiger partial charge in [-0.1, -0.05) is 55.7 Å². The minimum absolute atomic E-state index is 0.0539. The van der Waals surface area contributed by atoms with Gasteiger partial charge in [0.1, 0.15) is 17.9 Å². The monoisotopic (exact) mass is 449 g/mol. The van der Waals surface area contributed by atoms with Crippen LogP contribution in [0.3, 0.4) is 0 Å². The summed E-state index contributed by atoms with van der Waals surface area (Å²) in [5, 5.41) is 2.89. The number of carbonyl (C=O) groups excluding carboxylic acids is 3. The summed E-state index contributed by atoms with van der Waals surface area (Å²) in [5.74, 6) is -0.926. The Morgan fingerprint density at radius 1 is 1.06 bits per heavy atom. The molecule has 1 unspecified atom stereocenters. The average molecular weight is 450 g/mol. The molecule has 0 bridgehead atoms. The fourth-order valence-electron chi connectivity index (χ4n) is 5.56. The van der Waals surface area contributed by atoms with Gasteiger partial charge in [-0.05, 0) is 54.5 Å². The summed E-state index contributed by atoms with van der Waals surface area (Å²) >= 11 is 0. The van der Waals surface area contributed by atoms with Crippen molar-refractivity contribution in [2.75, 3.05) is 6.54 Å². The smallest absolute Gasteiger partial charge is 0.325 e. The molecule has 2 aromatic rings. The van der Waals surface area contributed by atoms with E-state index in [1.807, 2.05) is 24.3 Å². The summed E-state index contributed by atoms with van der Waals surface area (Å²) in [6, 6.07) is 13.3. The van der Waals surface area contributed by atoms with Crippen molar-refractivity contribution in [3.05, 3.63) is 71.0 Å². The van der Waals surface area contributed by atoms with E-state index < -0.39 is 11.6 Å². The van der Waals surface area contributed by atoms with E-state index in [0.29, 0.717) is 19.4 Å². The molecule has 1 aliphatic heterocycles. The lowest BCUT2D eigenvalue weighted by atomic mass is 9.92. The quantitative estimate of drug-likeness (QED) is 0.705. The molecule has 1 saturated carbocycles. The Morgan fingerprint density at radius 3 is 2.55 bits per heavy atom. The highest BCUT2D eigenvalue weighted by molar-refractivity contribution is 6.09. The van der Waals surface area contributed by atoms with Crippen LogP contribution in [0, 0.1) is 5.82 Å². The van der Waals surface area contributed by atoms with Crippen molar-refractivity contribution in [3.8, 4) is 0 Å². The van der Waals surface area contributed by atoms with Crippen molar-refractivity contribution in [1.29, 1.82) is 0 Å². The molecular formula is C26H28FN3O3. The number of hydrogen-bond acceptors (Lipinski definition) is 3. The zero-order valence-electron chi connectivity index (χ0n) is 18.6. The van der Waals surface area contributed by atoms with Crippen molar-refractivity contribution in [2.45, 2.75) is 63.1 Å². The zero-order valence-corrected chi connectivity index (χ0v) is 18.6. The minimum Gasteiger partial charge on any atom is -0.334 e. The molecule has 1 atom stereocenters. The summed E-state index contributed by atoms with van der Waals surface area (Å²) in [4.78, 5) is 42.7. The molecule has 33 heavy (non-hydrogen) atoms. The second kappa shape index (κ2) is 8.61. The number of nitrogens with zero attached hydrogens (tertiary/aromatic N) is 2. The first-order chi connectivity index (χ1) is 16.0. The Balaban J connectivity index is 1.37. The molecule has 2 aliphatic carbocycles. The molecule has 1 spiro atoms. The van der Waals surface area contributed by atoms with Crippen LogP contribution in [0.15, 0.2) is 48.5 Å².